The van der Waals surface area contributed by atoms with E-state index in [1.165, 1.54) is 16.8 Å². The number of hydrogen-bond donors (Lipinski definition) is 1. The summed E-state index contributed by atoms with van der Waals surface area (Å²) < 4.78 is 8.41. The van der Waals surface area contributed by atoms with Gasteiger partial charge in [-0.2, -0.15) is 0 Å². The average Bonchev–Trinajstić information content (AvgIpc) is 3.11. The average molecular weight is 361 g/mol. The van der Waals surface area contributed by atoms with Crippen molar-refractivity contribution in [2.75, 3.05) is 26.8 Å². The van der Waals surface area contributed by atoms with Gasteiger partial charge in [-0.05, 0) is 12.8 Å². The van der Waals surface area contributed by atoms with Crippen molar-refractivity contribution >= 4 is 5.91 Å². The molecule has 0 saturated carbocycles. The molecule has 0 aromatic carbocycles. The zero-order chi connectivity index (χ0) is 18.5. The number of aromatic nitrogens is 4. The minimum Gasteiger partial charge on any atom is -0.383 e. The fraction of sp³-hybridized carbons (Fsp3) is 0.529. The third kappa shape index (κ3) is 4.10. The number of carbonyl (C=O) groups excluding carboxylic acids is 1. The Morgan fingerprint density at radius 3 is 2.96 bits per heavy atom. The minimum absolute atomic E-state index is 0.0829. The number of imidazole rings is 1. The lowest BCUT2D eigenvalue weighted by atomic mass is 9.97. The summed E-state index contributed by atoms with van der Waals surface area (Å²) in [4.78, 5) is 43.9. The Hall–Kier alpha value is -2.68. The number of rotatable bonds is 6. The second-order valence-corrected chi connectivity index (χ2v) is 6.39. The van der Waals surface area contributed by atoms with E-state index in [1.54, 1.807) is 18.2 Å². The number of piperidine rings is 1. The van der Waals surface area contributed by atoms with Gasteiger partial charge in [0.25, 0.3) is 5.56 Å². The summed E-state index contributed by atoms with van der Waals surface area (Å²) in [6, 6.07) is 1.24. The summed E-state index contributed by atoms with van der Waals surface area (Å²) in [5.41, 5.74) is -1.05. The van der Waals surface area contributed by atoms with Gasteiger partial charge in [0, 0.05) is 57.3 Å². The number of H-pyrrole nitrogens is 1. The predicted octanol–water partition coefficient (Wildman–Crippen LogP) is -0.214. The molecule has 0 spiro atoms. The Kier molecular flexibility index (Phi) is 5.67. The van der Waals surface area contributed by atoms with Gasteiger partial charge in [0.15, 0.2) is 0 Å². The van der Waals surface area contributed by atoms with Crippen molar-refractivity contribution in [3.63, 3.8) is 0 Å². The van der Waals surface area contributed by atoms with Crippen LogP contribution in [0.5, 0.6) is 0 Å². The number of hydrogen-bond acceptors (Lipinski definition) is 5. The van der Waals surface area contributed by atoms with Crippen molar-refractivity contribution < 1.29 is 9.53 Å². The van der Waals surface area contributed by atoms with Crippen molar-refractivity contribution in [1.29, 1.82) is 0 Å². The normalized spacial score (nSPS) is 17.4. The number of likely N-dealkylation sites (tertiary alicyclic amines) is 1. The number of amides is 1. The molecule has 1 amide bonds. The fourth-order valence-electron chi connectivity index (χ4n) is 3.29. The van der Waals surface area contributed by atoms with Crippen LogP contribution in [-0.4, -0.2) is 56.7 Å². The van der Waals surface area contributed by atoms with E-state index in [0.29, 0.717) is 19.7 Å². The molecule has 9 heteroatoms. The highest BCUT2D eigenvalue weighted by atomic mass is 16.5. The van der Waals surface area contributed by atoms with E-state index < -0.39 is 11.2 Å². The van der Waals surface area contributed by atoms with Gasteiger partial charge < -0.3 is 14.2 Å². The van der Waals surface area contributed by atoms with Crippen LogP contribution in [0.2, 0.25) is 0 Å². The molecule has 2 aromatic heterocycles. The van der Waals surface area contributed by atoms with E-state index >= 15 is 0 Å². The van der Waals surface area contributed by atoms with E-state index in [0.717, 1.165) is 25.2 Å². The van der Waals surface area contributed by atoms with Gasteiger partial charge in [-0.1, -0.05) is 0 Å². The largest absolute Gasteiger partial charge is 0.383 e. The summed E-state index contributed by atoms with van der Waals surface area (Å²) in [5.74, 6) is 0.978. The van der Waals surface area contributed by atoms with Gasteiger partial charge in [-0.25, -0.2) is 9.78 Å². The number of nitrogens with one attached hydrogen (secondary N) is 1. The number of ether oxygens (including phenoxy) is 1. The molecule has 1 atom stereocenters. The first-order chi connectivity index (χ1) is 12.6. The molecule has 9 nitrogen and oxygen atoms in total. The molecular formula is C17H23N5O4. The lowest BCUT2D eigenvalue weighted by Crippen LogP contribution is -2.43. The van der Waals surface area contributed by atoms with Gasteiger partial charge >= 0.3 is 5.69 Å². The lowest BCUT2D eigenvalue weighted by Gasteiger charge is -2.32. The topological polar surface area (TPSA) is 102 Å². The quantitative estimate of drug-likeness (QED) is 0.767. The second-order valence-electron chi connectivity index (χ2n) is 6.39. The maximum atomic E-state index is 12.6. The summed E-state index contributed by atoms with van der Waals surface area (Å²) in [5, 5.41) is 0. The van der Waals surface area contributed by atoms with Gasteiger partial charge in [0.1, 0.15) is 12.4 Å². The van der Waals surface area contributed by atoms with Crippen molar-refractivity contribution in [1.82, 2.24) is 24.0 Å². The third-order valence-electron chi connectivity index (χ3n) is 4.63. The second kappa shape index (κ2) is 8.13. The van der Waals surface area contributed by atoms with E-state index in [1.807, 2.05) is 6.20 Å². The summed E-state index contributed by atoms with van der Waals surface area (Å²) >= 11 is 0. The summed E-state index contributed by atoms with van der Waals surface area (Å²) in [6.45, 7) is 2.48. The maximum absolute atomic E-state index is 12.6. The summed E-state index contributed by atoms with van der Waals surface area (Å²) in [7, 11) is 1.66. The van der Waals surface area contributed by atoms with Crippen LogP contribution in [0.1, 0.15) is 24.6 Å². The molecule has 1 N–H and O–H groups in total. The highest BCUT2D eigenvalue weighted by Gasteiger charge is 2.27. The van der Waals surface area contributed by atoms with Crippen molar-refractivity contribution in [3.05, 3.63) is 51.3 Å². The Morgan fingerprint density at radius 2 is 2.19 bits per heavy atom. The zero-order valence-corrected chi connectivity index (χ0v) is 14.8. The Balaban J connectivity index is 1.68. The van der Waals surface area contributed by atoms with Gasteiger partial charge in [0.2, 0.25) is 5.91 Å². The van der Waals surface area contributed by atoms with Crippen LogP contribution in [0, 0.1) is 0 Å². The van der Waals surface area contributed by atoms with Crippen molar-refractivity contribution in [3.8, 4) is 0 Å². The van der Waals surface area contributed by atoms with Crippen molar-refractivity contribution in [2.45, 2.75) is 31.8 Å². The van der Waals surface area contributed by atoms with Gasteiger partial charge in [-0.3, -0.25) is 19.1 Å². The van der Waals surface area contributed by atoms with E-state index in [9.17, 15) is 14.4 Å². The first kappa shape index (κ1) is 18.1. The SMILES string of the molecule is COCCn1ccnc1[C@@H]1CCCN(C(=O)Cn2ccc(=O)[nH]c2=O)C1. The minimum atomic E-state index is -0.575. The molecule has 26 heavy (non-hydrogen) atoms. The molecule has 3 rings (SSSR count). The number of aromatic amines is 1. The van der Waals surface area contributed by atoms with Crippen LogP contribution >= 0.6 is 0 Å². The predicted molar refractivity (Wildman–Crippen MR) is 94.0 cm³/mol. The molecule has 0 radical (unpaired) electrons. The smallest absolute Gasteiger partial charge is 0.328 e. The van der Waals surface area contributed by atoms with Crippen LogP contribution in [0.3, 0.4) is 0 Å². The number of methoxy groups -OCH3 is 1. The van der Waals surface area contributed by atoms with E-state index in [2.05, 4.69) is 14.5 Å². The van der Waals surface area contributed by atoms with Gasteiger partial charge in [0.05, 0.1) is 6.61 Å². The molecule has 0 aliphatic carbocycles. The third-order valence-corrected chi connectivity index (χ3v) is 4.63. The Bertz CT molecular complexity index is 868. The molecule has 0 unspecified atom stereocenters. The molecule has 1 fully saturated rings. The van der Waals surface area contributed by atoms with Crippen LogP contribution in [0.15, 0.2) is 34.2 Å². The van der Waals surface area contributed by atoms with Crippen molar-refractivity contribution in [2.24, 2.45) is 0 Å². The van der Waals surface area contributed by atoms with Crippen LogP contribution < -0.4 is 11.2 Å². The first-order valence-corrected chi connectivity index (χ1v) is 8.66. The standard InChI is InChI=1S/C17H23N5O4/c1-26-10-9-20-8-5-18-16(20)13-3-2-6-21(11-13)15(24)12-22-7-4-14(23)19-17(22)25/h4-5,7-8,13H,2-3,6,9-12H2,1H3,(H,19,23,25)/t13-/m1/s1. The van der Waals surface area contributed by atoms with Crippen LogP contribution in [-0.2, 0) is 22.6 Å². The van der Waals surface area contributed by atoms with Crippen LogP contribution in [0.4, 0.5) is 0 Å². The van der Waals surface area contributed by atoms with Gasteiger partial charge in [-0.15, -0.1) is 0 Å². The molecule has 140 valence electrons. The highest BCUT2D eigenvalue weighted by Crippen LogP contribution is 2.26. The molecule has 1 aliphatic rings. The fourth-order valence-corrected chi connectivity index (χ4v) is 3.29. The maximum Gasteiger partial charge on any atom is 0.328 e. The molecule has 2 aromatic rings. The number of carbonyl (C=O) groups is 1. The molecule has 3 heterocycles. The van der Waals surface area contributed by atoms with E-state index in [4.69, 9.17) is 4.74 Å². The molecular weight excluding hydrogens is 338 g/mol. The Labute approximate surface area is 150 Å². The molecule has 1 saturated heterocycles. The lowest BCUT2D eigenvalue weighted by molar-refractivity contribution is -0.133. The van der Waals surface area contributed by atoms with E-state index in [-0.39, 0.29) is 18.4 Å². The summed E-state index contributed by atoms with van der Waals surface area (Å²) in [6.07, 6.45) is 6.89. The molecule has 0 bridgehead atoms. The number of nitrogens with zero attached hydrogens (tertiary/aromatic N) is 4. The molecule has 1 aliphatic heterocycles. The zero-order valence-electron chi connectivity index (χ0n) is 14.8. The Morgan fingerprint density at radius 1 is 1.35 bits per heavy atom. The monoisotopic (exact) mass is 361 g/mol. The van der Waals surface area contributed by atoms with Crippen LogP contribution in [0.25, 0.3) is 0 Å². The first-order valence-electron chi connectivity index (χ1n) is 8.66. The highest BCUT2D eigenvalue weighted by molar-refractivity contribution is 5.76.